The molecule has 0 rings (SSSR count). The summed E-state index contributed by atoms with van der Waals surface area (Å²) in [5.74, 6) is 0. The SMILES string of the molecule is CC(CCOCCO)N(C)C. The van der Waals surface area contributed by atoms with E-state index in [1.807, 2.05) is 0 Å². The van der Waals surface area contributed by atoms with Gasteiger partial charge in [-0.25, -0.2) is 0 Å². The van der Waals surface area contributed by atoms with Gasteiger partial charge in [-0.05, 0) is 27.4 Å². The van der Waals surface area contributed by atoms with Gasteiger partial charge in [0.2, 0.25) is 0 Å². The van der Waals surface area contributed by atoms with E-state index in [0.29, 0.717) is 12.6 Å². The highest BCUT2D eigenvalue weighted by Crippen LogP contribution is 1.97. The van der Waals surface area contributed by atoms with Gasteiger partial charge in [0.25, 0.3) is 0 Å². The lowest BCUT2D eigenvalue weighted by atomic mass is 10.2. The summed E-state index contributed by atoms with van der Waals surface area (Å²) in [5.41, 5.74) is 0. The molecule has 0 saturated carbocycles. The van der Waals surface area contributed by atoms with E-state index in [2.05, 4.69) is 25.9 Å². The van der Waals surface area contributed by atoms with E-state index in [4.69, 9.17) is 9.84 Å². The fourth-order valence-electron chi connectivity index (χ4n) is 0.679. The zero-order chi connectivity index (χ0) is 8.69. The van der Waals surface area contributed by atoms with Crippen molar-refractivity contribution in [3.63, 3.8) is 0 Å². The Kier molecular flexibility index (Phi) is 6.51. The summed E-state index contributed by atoms with van der Waals surface area (Å²) >= 11 is 0. The predicted octanol–water partition coefficient (Wildman–Crippen LogP) is 0.335. The topological polar surface area (TPSA) is 32.7 Å². The molecule has 1 unspecified atom stereocenters. The first-order valence-electron chi connectivity index (χ1n) is 4.03. The van der Waals surface area contributed by atoms with Crippen LogP contribution in [0.1, 0.15) is 13.3 Å². The van der Waals surface area contributed by atoms with Crippen LogP contribution in [0.5, 0.6) is 0 Å². The second kappa shape index (κ2) is 6.58. The second-order valence-corrected chi connectivity index (χ2v) is 2.94. The summed E-state index contributed by atoms with van der Waals surface area (Å²) in [6, 6.07) is 0.550. The van der Waals surface area contributed by atoms with Gasteiger partial charge in [-0.1, -0.05) is 0 Å². The molecule has 0 saturated heterocycles. The van der Waals surface area contributed by atoms with Crippen LogP contribution in [-0.4, -0.2) is 50.0 Å². The summed E-state index contributed by atoms with van der Waals surface area (Å²) in [4.78, 5) is 2.16. The maximum Gasteiger partial charge on any atom is 0.0697 e. The maximum atomic E-state index is 8.41. The number of aliphatic hydroxyl groups excluding tert-OH is 1. The first-order chi connectivity index (χ1) is 5.18. The molecule has 0 aliphatic rings. The smallest absolute Gasteiger partial charge is 0.0697 e. The zero-order valence-electron chi connectivity index (χ0n) is 7.71. The van der Waals surface area contributed by atoms with Crippen LogP contribution in [0.2, 0.25) is 0 Å². The Hall–Kier alpha value is -0.120. The lowest BCUT2D eigenvalue weighted by Crippen LogP contribution is -2.26. The summed E-state index contributed by atoms with van der Waals surface area (Å²) in [7, 11) is 4.10. The number of aliphatic hydroxyl groups is 1. The monoisotopic (exact) mass is 161 g/mol. The minimum Gasteiger partial charge on any atom is -0.394 e. The molecule has 0 bridgehead atoms. The third kappa shape index (κ3) is 6.28. The van der Waals surface area contributed by atoms with Crippen LogP contribution < -0.4 is 0 Å². The van der Waals surface area contributed by atoms with Crippen molar-refractivity contribution in [2.24, 2.45) is 0 Å². The molecular formula is C8H19NO2. The van der Waals surface area contributed by atoms with Crippen molar-refractivity contribution in [1.29, 1.82) is 0 Å². The fraction of sp³-hybridized carbons (Fsp3) is 1.00. The number of nitrogens with zero attached hydrogens (tertiary/aromatic N) is 1. The highest BCUT2D eigenvalue weighted by Gasteiger charge is 2.02. The van der Waals surface area contributed by atoms with Gasteiger partial charge >= 0.3 is 0 Å². The van der Waals surface area contributed by atoms with Crippen molar-refractivity contribution in [2.75, 3.05) is 33.9 Å². The molecular weight excluding hydrogens is 142 g/mol. The van der Waals surface area contributed by atoms with Gasteiger partial charge in [0, 0.05) is 12.6 Å². The Labute approximate surface area is 69.0 Å². The predicted molar refractivity (Wildman–Crippen MR) is 45.7 cm³/mol. The summed E-state index contributed by atoms with van der Waals surface area (Å²) in [6.07, 6.45) is 1.02. The van der Waals surface area contributed by atoms with E-state index >= 15 is 0 Å². The normalized spacial score (nSPS) is 13.9. The number of hydrogen-bond donors (Lipinski definition) is 1. The Morgan fingerprint density at radius 3 is 2.45 bits per heavy atom. The van der Waals surface area contributed by atoms with Gasteiger partial charge in [0.05, 0.1) is 13.2 Å². The van der Waals surface area contributed by atoms with Crippen molar-refractivity contribution in [3.8, 4) is 0 Å². The number of ether oxygens (including phenoxy) is 1. The number of hydrogen-bond acceptors (Lipinski definition) is 3. The molecule has 0 fully saturated rings. The summed E-state index contributed by atoms with van der Waals surface area (Å²) in [5, 5.41) is 8.41. The first-order valence-corrected chi connectivity index (χ1v) is 4.03. The first kappa shape index (κ1) is 10.9. The van der Waals surface area contributed by atoms with Crippen LogP contribution in [-0.2, 0) is 4.74 Å². The molecule has 0 aliphatic carbocycles. The van der Waals surface area contributed by atoms with Crippen molar-refractivity contribution in [3.05, 3.63) is 0 Å². The van der Waals surface area contributed by atoms with Crippen LogP contribution in [0.25, 0.3) is 0 Å². The van der Waals surface area contributed by atoms with Crippen LogP contribution in [0.3, 0.4) is 0 Å². The van der Waals surface area contributed by atoms with E-state index in [1.165, 1.54) is 0 Å². The Morgan fingerprint density at radius 1 is 1.36 bits per heavy atom. The Bertz CT molecular complexity index is 86.2. The third-order valence-electron chi connectivity index (χ3n) is 1.80. The molecule has 3 nitrogen and oxygen atoms in total. The van der Waals surface area contributed by atoms with E-state index in [0.717, 1.165) is 13.0 Å². The molecule has 0 aliphatic heterocycles. The van der Waals surface area contributed by atoms with E-state index < -0.39 is 0 Å². The highest BCUT2D eigenvalue weighted by molar-refractivity contribution is 4.57. The van der Waals surface area contributed by atoms with E-state index in [-0.39, 0.29) is 6.61 Å². The highest BCUT2D eigenvalue weighted by atomic mass is 16.5. The van der Waals surface area contributed by atoms with Gasteiger partial charge in [0.15, 0.2) is 0 Å². The molecule has 68 valence electrons. The standard InChI is InChI=1S/C8H19NO2/c1-8(9(2)3)4-6-11-7-5-10/h8,10H,4-7H2,1-3H3. The van der Waals surface area contributed by atoms with Crippen LogP contribution in [0, 0.1) is 0 Å². The molecule has 0 heterocycles. The molecule has 1 atom stereocenters. The van der Waals surface area contributed by atoms with Crippen LogP contribution in [0.15, 0.2) is 0 Å². The summed E-state index contributed by atoms with van der Waals surface area (Å²) in [6.45, 7) is 3.47. The quantitative estimate of drug-likeness (QED) is 0.570. The molecule has 1 N–H and O–H groups in total. The van der Waals surface area contributed by atoms with Gasteiger partial charge in [-0.15, -0.1) is 0 Å². The average molecular weight is 161 g/mol. The minimum atomic E-state index is 0.121. The molecule has 0 aromatic rings. The van der Waals surface area contributed by atoms with E-state index in [9.17, 15) is 0 Å². The van der Waals surface area contributed by atoms with Crippen molar-refractivity contribution < 1.29 is 9.84 Å². The number of rotatable bonds is 6. The van der Waals surface area contributed by atoms with Crippen LogP contribution in [0.4, 0.5) is 0 Å². The summed E-state index contributed by atoms with van der Waals surface area (Å²) < 4.78 is 5.13. The second-order valence-electron chi connectivity index (χ2n) is 2.94. The Morgan fingerprint density at radius 2 is 2.00 bits per heavy atom. The van der Waals surface area contributed by atoms with Gasteiger partial charge in [-0.3, -0.25) is 0 Å². The van der Waals surface area contributed by atoms with Crippen molar-refractivity contribution >= 4 is 0 Å². The molecule has 0 amide bonds. The maximum absolute atomic E-state index is 8.41. The minimum absolute atomic E-state index is 0.121. The largest absolute Gasteiger partial charge is 0.394 e. The molecule has 0 aromatic heterocycles. The molecule has 3 heteroatoms. The molecule has 0 spiro atoms. The van der Waals surface area contributed by atoms with Crippen molar-refractivity contribution in [1.82, 2.24) is 4.90 Å². The Balaban J connectivity index is 3.10. The zero-order valence-corrected chi connectivity index (χ0v) is 7.71. The third-order valence-corrected chi connectivity index (χ3v) is 1.80. The average Bonchev–Trinajstić information content (AvgIpc) is 1.97. The van der Waals surface area contributed by atoms with Gasteiger partial charge in [-0.2, -0.15) is 0 Å². The van der Waals surface area contributed by atoms with Gasteiger partial charge < -0.3 is 14.7 Å². The lowest BCUT2D eigenvalue weighted by Gasteiger charge is -2.19. The molecule has 0 aromatic carbocycles. The van der Waals surface area contributed by atoms with Crippen molar-refractivity contribution in [2.45, 2.75) is 19.4 Å². The fourth-order valence-corrected chi connectivity index (χ4v) is 0.679. The van der Waals surface area contributed by atoms with Gasteiger partial charge in [0.1, 0.15) is 0 Å². The molecule has 0 radical (unpaired) electrons. The van der Waals surface area contributed by atoms with Crippen LogP contribution >= 0.6 is 0 Å². The lowest BCUT2D eigenvalue weighted by molar-refractivity contribution is 0.0797. The molecule has 11 heavy (non-hydrogen) atoms. The van der Waals surface area contributed by atoms with E-state index in [1.54, 1.807) is 0 Å².